The van der Waals surface area contributed by atoms with Gasteiger partial charge in [-0.1, -0.05) is 11.6 Å². The average Bonchev–Trinajstić information content (AvgIpc) is 2.25. The maximum atomic E-state index is 8.68. The number of hydrogen-bond acceptors (Lipinski definition) is 3. The SMILES string of the molecule is COc1c(C)cc(Cl)cc1CNC(C)C#N. The zero-order valence-electron chi connectivity index (χ0n) is 9.67. The minimum atomic E-state index is -0.191. The van der Waals surface area contributed by atoms with Crippen molar-refractivity contribution in [2.45, 2.75) is 26.4 Å². The minimum absolute atomic E-state index is 0.191. The van der Waals surface area contributed by atoms with Crippen LogP contribution >= 0.6 is 11.6 Å². The highest BCUT2D eigenvalue weighted by atomic mass is 35.5. The van der Waals surface area contributed by atoms with Crippen LogP contribution in [0.5, 0.6) is 5.75 Å². The van der Waals surface area contributed by atoms with Crippen LogP contribution in [-0.2, 0) is 6.54 Å². The molecular formula is C12H15ClN2O. The molecule has 1 aromatic carbocycles. The maximum Gasteiger partial charge on any atom is 0.126 e. The van der Waals surface area contributed by atoms with E-state index in [2.05, 4.69) is 11.4 Å². The zero-order chi connectivity index (χ0) is 12.1. The summed E-state index contributed by atoms with van der Waals surface area (Å²) in [5.41, 5.74) is 1.96. The van der Waals surface area contributed by atoms with E-state index < -0.39 is 0 Å². The Morgan fingerprint density at radius 3 is 2.81 bits per heavy atom. The van der Waals surface area contributed by atoms with Crippen molar-refractivity contribution in [1.82, 2.24) is 5.32 Å². The molecule has 0 spiro atoms. The van der Waals surface area contributed by atoms with E-state index in [0.717, 1.165) is 16.9 Å². The Morgan fingerprint density at radius 1 is 1.56 bits per heavy atom. The van der Waals surface area contributed by atoms with E-state index in [4.69, 9.17) is 21.6 Å². The fourth-order valence-corrected chi connectivity index (χ4v) is 1.83. The molecule has 0 fully saturated rings. The lowest BCUT2D eigenvalue weighted by atomic mass is 10.1. The van der Waals surface area contributed by atoms with Crippen molar-refractivity contribution in [3.63, 3.8) is 0 Å². The standard InChI is InChI=1S/C12H15ClN2O/c1-8-4-11(13)5-10(12(8)16-3)7-15-9(2)6-14/h4-5,9,15H,7H2,1-3H3. The van der Waals surface area contributed by atoms with Crippen molar-refractivity contribution in [3.8, 4) is 11.8 Å². The molecule has 0 aliphatic heterocycles. The van der Waals surface area contributed by atoms with E-state index >= 15 is 0 Å². The number of aryl methyl sites for hydroxylation is 1. The first kappa shape index (κ1) is 12.8. The highest BCUT2D eigenvalue weighted by molar-refractivity contribution is 6.30. The van der Waals surface area contributed by atoms with Gasteiger partial charge in [0, 0.05) is 17.1 Å². The predicted octanol–water partition coefficient (Wildman–Crippen LogP) is 2.66. The third-order valence-corrected chi connectivity index (χ3v) is 2.53. The van der Waals surface area contributed by atoms with E-state index in [-0.39, 0.29) is 6.04 Å². The number of benzene rings is 1. The van der Waals surface area contributed by atoms with Gasteiger partial charge in [0.05, 0.1) is 19.2 Å². The number of ether oxygens (including phenoxy) is 1. The van der Waals surface area contributed by atoms with Crippen molar-refractivity contribution in [2.75, 3.05) is 7.11 Å². The number of hydrogen-bond donors (Lipinski definition) is 1. The highest BCUT2D eigenvalue weighted by Gasteiger charge is 2.09. The molecule has 0 aromatic heterocycles. The summed E-state index contributed by atoms with van der Waals surface area (Å²) in [5.74, 6) is 0.821. The quantitative estimate of drug-likeness (QED) is 0.877. The van der Waals surface area contributed by atoms with Gasteiger partial charge in [-0.15, -0.1) is 0 Å². The Morgan fingerprint density at radius 2 is 2.25 bits per heavy atom. The number of halogens is 1. The molecule has 86 valence electrons. The molecule has 1 unspecified atom stereocenters. The second-order valence-electron chi connectivity index (χ2n) is 3.65. The summed E-state index contributed by atoms with van der Waals surface area (Å²) in [6.45, 7) is 4.32. The van der Waals surface area contributed by atoms with Crippen molar-refractivity contribution in [3.05, 3.63) is 28.3 Å². The van der Waals surface area contributed by atoms with E-state index in [1.807, 2.05) is 26.0 Å². The molecule has 4 heteroatoms. The maximum absolute atomic E-state index is 8.68. The van der Waals surface area contributed by atoms with Crippen LogP contribution in [0.3, 0.4) is 0 Å². The van der Waals surface area contributed by atoms with Crippen molar-refractivity contribution < 1.29 is 4.74 Å². The third-order valence-electron chi connectivity index (χ3n) is 2.31. The molecule has 1 aromatic rings. The van der Waals surface area contributed by atoms with Gasteiger partial charge in [0.1, 0.15) is 5.75 Å². The monoisotopic (exact) mass is 238 g/mol. The number of rotatable bonds is 4. The molecule has 1 atom stereocenters. The first-order valence-corrected chi connectivity index (χ1v) is 5.42. The summed E-state index contributed by atoms with van der Waals surface area (Å²) in [7, 11) is 1.63. The Bertz CT molecular complexity index is 412. The Hall–Kier alpha value is -1.24. The molecular weight excluding hydrogens is 224 g/mol. The van der Waals surface area contributed by atoms with Crippen LogP contribution in [0.1, 0.15) is 18.1 Å². The van der Waals surface area contributed by atoms with E-state index in [1.165, 1.54) is 0 Å². The van der Waals surface area contributed by atoms with Gasteiger partial charge < -0.3 is 4.74 Å². The van der Waals surface area contributed by atoms with Crippen LogP contribution in [0.2, 0.25) is 5.02 Å². The first-order valence-electron chi connectivity index (χ1n) is 5.04. The predicted molar refractivity (Wildman–Crippen MR) is 64.7 cm³/mol. The Balaban J connectivity index is 2.90. The number of nitrogens with one attached hydrogen (secondary N) is 1. The molecule has 0 bridgehead atoms. The molecule has 0 amide bonds. The molecule has 16 heavy (non-hydrogen) atoms. The fourth-order valence-electron chi connectivity index (χ4n) is 1.53. The van der Waals surface area contributed by atoms with Crippen molar-refractivity contribution in [1.29, 1.82) is 5.26 Å². The molecule has 0 saturated heterocycles. The Kier molecular flexibility index (Phi) is 4.60. The van der Waals surface area contributed by atoms with E-state index in [0.29, 0.717) is 11.6 Å². The number of nitrogens with zero attached hydrogens (tertiary/aromatic N) is 1. The normalized spacial score (nSPS) is 11.9. The number of nitriles is 1. The van der Waals surface area contributed by atoms with Crippen LogP contribution < -0.4 is 10.1 Å². The molecule has 0 saturated carbocycles. The fraction of sp³-hybridized carbons (Fsp3) is 0.417. The molecule has 0 radical (unpaired) electrons. The van der Waals surface area contributed by atoms with Crippen LogP contribution in [-0.4, -0.2) is 13.2 Å². The van der Waals surface area contributed by atoms with Gasteiger partial charge in [-0.05, 0) is 31.5 Å². The lowest BCUT2D eigenvalue weighted by Gasteiger charge is -2.13. The van der Waals surface area contributed by atoms with Gasteiger partial charge in [0.25, 0.3) is 0 Å². The average molecular weight is 239 g/mol. The lowest BCUT2D eigenvalue weighted by Crippen LogP contribution is -2.23. The molecule has 1 N–H and O–H groups in total. The second kappa shape index (κ2) is 5.74. The van der Waals surface area contributed by atoms with Gasteiger partial charge in [-0.3, -0.25) is 5.32 Å². The summed E-state index contributed by atoms with van der Waals surface area (Å²) in [6, 6.07) is 5.64. The van der Waals surface area contributed by atoms with Gasteiger partial charge in [-0.25, -0.2) is 0 Å². The summed E-state index contributed by atoms with van der Waals surface area (Å²) in [6.07, 6.45) is 0. The van der Waals surface area contributed by atoms with Gasteiger partial charge >= 0.3 is 0 Å². The Labute approximate surface area is 101 Å². The van der Waals surface area contributed by atoms with E-state index in [9.17, 15) is 0 Å². The van der Waals surface area contributed by atoms with Crippen LogP contribution in [0.25, 0.3) is 0 Å². The van der Waals surface area contributed by atoms with E-state index in [1.54, 1.807) is 7.11 Å². The summed E-state index contributed by atoms with van der Waals surface area (Å²) in [4.78, 5) is 0. The summed E-state index contributed by atoms with van der Waals surface area (Å²) in [5, 5.41) is 12.4. The van der Waals surface area contributed by atoms with Crippen molar-refractivity contribution in [2.24, 2.45) is 0 Å². The topological polar surface area (TPSA) is 45.0 Å². The zero-order valence-corrected chi connectivity index (χ0v) is 10.4. The summed E-state index contributed by atoms with van der Waals surface area (Å²) < 4.78 is 5.32. The second-order valence-corrected chi connectivity index (χ2v) is 4.08. The number of methoxy groups -OCH3 is 1. The van der Waals surface area contributed by atoms with Crippen LogP contribution in [0, 0.1) is 18.3 Å². The molecule has 3 nitrogen and oxygen atoms in total. The largest absolute Gasteiger partial charge is 0.496 e. The van der Waals surface area contributed by atoms with Crippen molar-refractivity contribution >= 4 is 11.6 Å². The molecule has 1 rings (SSSR count). The first-order chi connectivity index (χ1) is 7.58. The lowest BCUT2D eigenvalue weighted by molar-refractivity contribution is 0.404. The molecule has 0 aliphatic carbocycles. The highest BCUT2D eigenvalue weighted by Crippen LogP contribution is 2.27. The van der Waals surface area contributed by atoms with Gasteiger partial charge in [-0.2, -0.15) is 5.26 Å². The third kappa shape index (κ3) is 3.13. The summed E-state index contributed by atoms with van der Waals surface area (Å²) >= 11 is 5.98. The van der Waals surface area contributed by atoms with Crippen LogP contribution in [0.15, 0.2) is 12.1 Å². The molecule has 0 aliphatic rings. The molecule has 0 heterocycles. The van der Waals surface area contributed by atoms with Gasteiger partial charge in [0.15, 0.2) is 0 Å². The van der Waals surface area contributed by atoms with Gasteiger partial charge in [0.2, 0.25) is 0 Å². The van der Waals surface area contributed by atoms with Crippen LogP contribution in [0.4, 0.5) is 0 Å². The smallest absolute Gasteiger partial charge is 0.126 e. The minimum Gasteiger partial charge on any atom is -0.496 e.